The molecule has 1 aliphatic rings. The van der Waals surface area contributed by atoms with Crippen LogP contribution in [0.3, 0.4) is 0 Å². The second kappa shape index (κ2) is 6.43. The Labute approximate surface area is 143 Å². The van der Waals surface area contributed by atoms with Crippen LogP contribution in [-0.2, 0) is 0 Å². The molecular weight excluding hydrogens is 327 g/mol. The first-order valence-corrected chi connectivity index (χ1v) is 8.52. The van der Waals surface area contributed by atoms with E-state index in [1.165, 1.54) is 6.42 Å². The van der Waals surface area contributed by atoms with Crippen molar-refractivity contribution in [3.8, 4) is 11.3 Å². The third-order valence-electron chi connectivity index (χ3n) is 4.74. The van der Waals surface area contributed by atoms with E-state index in [1.807, 2.05) is 22.7 Å². The van der Waals surface area contributed by atoms with E-state index < -0.39 is 17.5 Å². The molecule has 1 N–H and O–H groups in total. The lowest BCUT2D eigenvalue weighted by atomic mass is 9.95. The molecule has 2 aromatic heterocycles. The summed E-state index contributed by atoms with van der Waals surface area (Å²) >= 11 is 0. The van der Waals surface area contributed by atoms with Gasteiger partial charge in [-0.15, -0.1) is 0 Å². The van der Waals surface area contributed by atoms with Gasteiger partial charge in [-0.25, -0.2) is 18.2 Å². The summed E-state index contributed by atoms with van der Waals surface area (Å²) < 4.78 is 43.1. The van der Waals surface area contributed by atoms with Gasteiger partial charge < -0.3 is 5.32 Å². The van der Waals surface area contributed by atoms with E-state index in [4.69, 9.17) is 0 Å². The van der Waals surface area contributed by atoms with E-state index in [-0.39, 0.29) is 11.6 Å². The monoisotopic (exact) mass is 345 g/mol. The van der Waals surface area contributed by atoms with Crippen molar-refractivity contribution in [2.45, 2.75) is 38.1 Å². The first kappa shape index (κ1) is 16.0. The fourth-order valence-electron chi connectivity index (χ4n) is 3.47. The van der Waals surface area contributed by atoms with Crippen LogP contribution >= 0.6 is 0 Å². The Morgan fingerprint density at radius 3 is 2.52 bits per heavy atom. The molecule has 4 rings (SSSR count). The molecule has 0 amide bonds. The standard InChI is InChI=1S/C19H18F3N3/c20-14-11-16(22)15(21)10-13(14)18-19(23-12-6-2-1-3-7-12)25-9-5-4-8-17(25)24-18/h4-5,8-12,23H,1-3,6-7H2. The number of aromatic nitrogens is 2. The average molecular weight is 345 g/mol. The van der Waals surface area contributed by atoms with Crippen molar-refractivity contribution >= 4 is 11.5 Å². The molecule has 0 radical (unpaired) electrons. The first-order chi connectivity index (χ1) is 12.1. The number of halogens is 3. The summed E-state index contributed by atoms with van der Waals surface area (Å²) in [6, 6.07) is 7.19. The van der Waals surface area contributed by atoms with Crippen molar-refractivity contribution in [1.29, 1.82) is 0 Å². The highest BCUT2D eigenvalue weighted by atomic mass is 19.2. The SMILES string of the molecule is Fc1cc(F)c(-c2nc3ccccn3c2NC2CCCCC2)cc1F. The van der Waals surface area contributed by atoms with E-state index in [2.05, 4.69) is 10.3 Å². The summed E-state index contributed by atoms with van der Waals surface area (Å²) in [5.74, 6) is -2.50. The second-order valence-corrected chi connectivity index (χ2v) is 6.46. The van der Waals surface area contributed by atoms with Crippen LogP contribution < -0.4 is 5.32 Å². The van der Waals surface area contributed by atoms with Gasteiger partial charge in [0.25, 0.3) is 0 Å². The third-order valence-corrected chi connectivity index (χ3v) is 4.74. The quantitative estimate of drug-likeness (QED) is 0.664. The molecule has 0 atom stereocenters. The highest BCUT2D eigenvalue weighted by molar-refractivity contribution is 5.77. The number of benzene rings is 1. The summed E-state index contributed by atoms with van der Waals surface area (Å²) in [4.78, 5) is 4.45. The zero-order valence-electron chi connectivity index (χ0n) is 13.6. The Balaban J connectivity index is 1.85. The van der Waals surface area contributed by atoms with Crippen LogP contribution in [0.4, 0.5) is 19.0 Å². The molecule has 1 aromatic carbocycles. The number of rotatable bonds is 3. The molecule has 0 saturated heterocycles. The first-order valence-electron chi connectivity index (χ1n) is 8.52. The van der Waals surface area contributed by atoms with Gasteiger partial charge in [-0.1, -0.05) is 25.3 Å². The normalized spacial score (nSPS) is 15.6. The molecule has 25 heavy (non-hydrogen) atoms. The van der Waals surface area contributed by atoms with Crippen LogP contribution in [0.1, 0.15) is 32.1 Å². The van der Waals surface area contributed by atoms with Crippen molar-refractivity contribution in [2.24, 2.45) is 0 Å². The van der Waals surface area contributed by atoms with Crippen LogP contribution in [0.15, 0.2) is 36.5 Å². The predicted octanol–water partition coefficient (Wildman–Crippen LogP) is 5.16. The molecule has 1 aliphatic carbocycles. The van der Waals surface area contributed by atoms with Gasteiger partial charge in [-0.2, -0.15) is 0 Å². The summed E-state index contributed by atoms with van der Waals surface area (Å²) in [6.45, 7) is 0. The van der Waals surface area contributed by atoms with E-state index in [9.17, 15) is 13.2 Å². The molecule has 2 heterocycles. The number of pyridine rings is 1. The largest absolute Gasteiger partial charge is 0.367 e. The summed E-state index contributed by atoms with van der Waals surface area (Å²) in [5.41, 5.74) is 0.883. The van der Waals surface area contributed by atoms with Crippen molar-refractivity contribution in [1.82, 2.24) is 9.38 Å². The van der Waals surface area contributed by atoms with Crippen LogP contribution in [0.5, 0.6) is 0 Å². The van der Waals surface area contributed by atoms with Gasteiger partial charge in [-0.05, 0) is 31.0 Å². The number of nitrogens with one attached hydrogen (secondary N) is 1. The van der Waals surface area contributed by atoms with E-state index in [0.717, 1.165) is 31.7 Å². The molecule has 0 spiro atoms. The van der Waals surface area contributed by atoms with Crippen LogP contribution in [0.25, 0.3) is 16.9 Å². The Morgan fingerprint density at radius 1 is 0.960 bits per heavy atom. The van der Waals surface area contributed by atoms with Crippen molar-refractivity contribution in [2.75, 3.05) is 5.32 Å². The maximum atomic E-state index is 14.3. The van der Waals surface area contributed by atoms with Gasteiger partial charge in [-0.3, -0.25) is 4.40 Å². The summed E-state index contributed by atoms with van der Waals surface area (Å²) in [6.07, 6.45) is 7.39. The lowest BCUT2D eigenvalue weighted by molar-refractivity contribution is 0.461. The second-order valence-electron chi connectivity index (χ2n) is 6.46. The van der Waals surface area contributed by atoms with Crippen LogP contribution in [-0.4, -0.2) is 15.4 Å². The van der Waals surface area contributed by atoms with E-state index in [1.54, 1.807) is 6.07 Å². The minimum absolute atomic E-state index is 0.0408. The smallest absolute Gasteiger partial charge is 0.161 e. The molecule has 0 bridgehead atoms. The topological polar surface area (TPSA) is 29.3 Å². The molecular formula is C19H18F3N3. The minimum Gasteiger partial charge on any atom is -0.367 e. The molecule has 1 saturated carbocycles. The molecule has 0 unspecified atom stereocenters. The van der Waals surface area contributed by atoms with Gasteiger partial charge >= 0.3 is 0 Å². The lowest BCUT2D eigenvalue weighted by Crippen LogP contribution is -2.23. The van der Waals surface area contributed by atoms with E-state index in [0.29, 0.717) is 23.2 Å². The van der Waals surface area contributed by atoms with Crippen LogP contribution in [0, 0.1) is 17.5 Å². The van der Waals surface area contributed by atoms with Crippen molar-refractivity contribution < 1.29 is 13.2 Å². The van der Waals surface area contributed by atoms with E-state index >= 15 is 0 Å². The Bertz CT molecular complexity index is 914. The number of nitrogens with zero attached hydrogens (tertiary/aromatic N) is 2. The van der Waals surface area contributed by atoms with Gasteiger partial charge in [0.15, 0.2) is 11.6 Å². The molecule has 0 aliphatic heterocycles. The molecule has 130 valence electrons. The molecule has 1 fully saturated rings. The average Bonchev–Trinajstić information content (AvgIpc) is 2.97. The van der Waals surface area contributed by atoms with Crippen molar-refractivity contribution in [3.63, 3.8) is 0 Å². The van der Waals surface area contributed by atoms with Gasteiger partial charge in [0.2, 0.25) is 0 Å². The Morgan fingerprint density at radius 2 is 1.72 bits per heavy atom. The molecule has 6 heteroatoms. The number of anilines is 1. The minimum atomic E-state index is -1.20. The van der Waals surface area contributed by atoms with Crippen molar-refractivity contribution in [3.05, 3.63) is 54.0 Å². The zero-order valence-corrected chi connectivity index (χ0v) is 13.6. The number of hydrogen-bond acceptors (Lipinski definition) is 2. The Kier molecular flexibility index (Phi) is 4.11. The number of fused-ring (bicyclic) bond motifs is 1. The fraction of sp³-hybridized carbons (Fsp3) is 0.316. The lowest BCUT2D eigenvalue weighted by Gasteiger charge is -2.24. The predicted molar refractivity (Wildman–Crippen MR) is 91.0 cm³/mol. The highest BCUT2D eigenvalue weighted by Gasteiger charge is 2.22. The van der Waals surface area contributed by atoms with Gasteiger partial charge in [0.1, 0.15) is 23.0 Å². The zero-order chi connectivity index (χ0) is 17.4. The third kappa shape index (κ3) is 2.97. The Hall–Kier alpha value is -2.50. The molecule has 3 nitrogen and oxygen atoms in total. The number of hydrogen-bond donors (Lipinski definition) is 1. The summed E-state index contributed by atoms with van der Waals surface area (Å²) in [5, 5.41) is 3.45. The maximum absolute atomic E-state index is 14.3. The maximum Gasteiger partial charge on any atom is 0.161 e. The fourth-order valence-corrected chi connectivity index (χ4v) is 3.47. The van der Waals surface area contributed by atoms with Gasteiger partial charge in [0.05, 0.1) is 0 Å². The van der Waals surface area contributed by atoms with Crippen LogP contribution in [0.2, 0.25) is 0 Å². The number of imidazole rings is 1. The summed E-state index contributed by atoms with van der Waals surface area (Å²) in [7, 11) is 0. The van der Waals surface area contributed by atoms with Gasteiger partial charge in [0, 0.05) is 23.9 Å². The molecule has 3 aromatic rings. The highest BCUT2D eigenvalue weighted by Crippen LogP contribution is 2.33.